The first kappa shape index (κ1) is 17.9. The van der Waals surface area contributed by atoms with Gasteiger partial charge < -0.3 is 0 Å². The summed E-state index contributed by atoms with van der Waals surface area (Å²) < 4.78 is 0. The fraction of sp³-hybridized carbons (Fsp3) is 0.280. The van der Waals surface area contributed by atoms with Crippen molar-refractivity contribution < 1.29 is 4.79 Å². The molecule has 3 atom stereocenters. The first-order valence-electron chi connectivity index (χ1n) is 10.2. The minimum atomic E-state index is -0.269. The number of hydrogen-bond donors (Lipinski definition) is 0. The zero-order valence-corrected chi connectivity index (χ0v) is 16.7. The van der Waals surface area contributed by atoms with Crippen molar-refractivity contribution in [2.24, 2.45) is 11.8 Å². The van der Waals surface area contributed by atoms with E-state index in [1.165, 1.54) is 5.56 Å². The van der Waals surface area contributed by atoms with Gasteiger partial charge >= 0.3 is 0 Å². The summed E-state index contributed by atoms with van der Waals surface area (Å²) in [5, 5.41) is 0. The highest BCUT2D eigenvalue weighted by atomic mass is 16.1. The van der Waals surface area contributed by atoms with Crippen molar-refractivity contribution in [3.63, 3.8) is 0 Å². The molecule has 0 spiro atoms. The van der Waals surface area contributed by atoms with Crippen molar-refractivity contribution in [1.82, 2.24) is 15.0 Å². The normalized spacial score (nSPS) is 25.4. The van der Waals surface area contributed by atoms with Gasteiger partial charge in [0.2, 0.25) is 0 Å². The Labute approximate surface area is 170 Å². The zero-order valence-electron chi connectivity index (χ0n) is 16.7. The molecule has 0 bridgehead atoms. The molecule has 0 amide bonds. The van der Waals surface area contributed by atoms with E-state index < -0.39 is 0 Å². The highest BCUT2D eigenvalue weighted by molar-refractivity contribution is 5.93. The predicted octanol–water partition coefficient (Wildman–Crippen LogP) is 4.80. The second-order valence-corrected chi connectivity index (χ2v) is 8.28. The van der Waals surface area contributed by atoms with Crippen LogP contribution < -0.4 is 0 Å². The number of fused-ring (bicyclic) bond motifs is 3. The number of aromatic nitrogens is 3. The third-order valence-electron chi connectivity index (χ3n) is 6.62. The predicted molar refractivity (Wildman–Crippen MR) is 113 cm³/mol. The van der Waals surface area contributed by atoms with E-state index in [0.717, 1.165) is 35.4 Å². The lowest BCUT2D eigenvalue weighted by molar-refractivity contribution is -0.120. The topological polar surface area (TPSA) is 55.7 Å². The van der Waals surface area contributed by atoms with Crippen LogP contribution in [-0.2, 0) is 16.6 Å². The minimum absolute atomic E-state index is 0.0117. The van der Waals surface area contributed by atoms with Crippen molar-refractivity contribution in [3.8, 4) is 22.6 Å². The van der Waals surface area contributed by atoms with Crippen LogP contribution in [0.25, 0.3) is 22.6 Å². The summed E-state index contributed by atoms with van der Waals surface area (Å²) in [5.74, 6) is 1.21. The number of benzene rings is 1. The van der Waals surface area contributed by atoms with Gasteiger partial charge in [0.05, 0.1) is 11.4 Å². The summed E-state index contributed by atoms with van der Waals surface area (Å²) in [4.78, 5) is 26.6. The Kier molecular flexibility index (Phi) is 4.16. The second kappa shape index (κ2) is 6.73. The van der Waals surface area contributed by atoms with E-state index in [1.807, 2.05) is 30.3 Å². The average Bonchev–Trinajstić information content (AvgIpc) is 2.77. The molecule has 0 unspecified atom stereocenters. The SMILES string of the molecule is C[C@H]1C(=O)C=C[C@@]2(C)c3nc(-c4ccncc4)nc(-c4ccccc4)c3CC[C@H]12. The van der Waals surface area contributed by atoms with Gasteiger partial charge in [-0.3, -0.25) is 9.78 Å². The van der Waals surface area contributed by atoms with Crippen molar-refractivity contribution in [2.45, 2.75) is 32.1 Å². The van der Waals surface area contributed by atoms with Gasteiger partial charge in [-0.2, -0.15) is 0 Å². The Morgan fingerprint density at radius 2 is 1.76 bits per heavy atom. The van der Waals surface area contributed by atoms with Crippen LogP contribution in [0.3, 0.4) is 0 Å². The van der Waals surface area contributed by atoms with Gasteiger partial charge in [-0.1, -0.05) is 50.3 Å². The van der Waals surface area contributed by atoms with Gasteiger partial charge in [-0.25, -0.2) is 9.97 Å². The van der Waals surface area contributed by atoms with Crippen LogP contribution in [0.4, 0.5) is 0 Å². The molecule has 0 saturated carbocycles. The first-order chi connectivity index (χ1) is 14.1. The highest BCUT2D eigenvalue weighted by Gasteiger charge is 2.47. The summed E-state index contributed by atoms with van der Waals surface area (Å²) in [6.45, 7) is 4.29. The number of carbonyl (C=O) groups excluding carboxylic acids is 1. The molecular weight excluding hydrogens is 358 g/mol. The molecule has 0 fully saturated rings. The molecule has 2 aliphatic carbocycles. The number of hydrogen-bond acceptors (Lipinski definition) is 4. The van der Waals surface area contributed by atoms with Crippen LogP contribution in [0.5, 0.6) is 0 Å². The van der Waals surface area contributed by atoms with E-state index >= 15 is 0 Å². The Balaban J connectivity index is 1.79. The molecule has 1 aromatic carbocycles. The number of nitrogens with zero attached hydrogens (tertiary/aromatic N) is 3. The Bertz CT molecular complexity index is 1110. The molecular formula is C25H23N3O. The number of carbonyl (C=O) groups is 1. The fourth-order valence-corrected chi connectivity index (χ4v) is 4.98. The molecule has 0 N–H and O–H groups in total. The lowest BCUT2D eigenvalue weighted by Gasteiger charge is -2.45. The van der Waals surface area contributed by atoms with Gasteiger partial charge in [0.15, 0.2) is 11.6 Å². The molecule has 3 aromatic rings. The second-order valence-electron chi connectivity index (χ2n) is 8.28. The van der Waals surface area contributed by atoms with Crippen molar-refractivity contribution in [2.75, 3.05) is 0 Å². The van der Waals surface area contributed by atoms with Crippen molar-refractivity contribution >= 4 is 5.78 Å². The van der Waals surface area contributed by atoms with Crippen LogP contribution in [0.1, 0.15) is 31.5 Å². The Morgan fingerprint density at radius 3 is 2.52 bits per heavy atom. The molecule has 4 nitrogen and oxygen atoms in total. The van der Waals surface area contributed by atoms with E-state index in [9.17, 15) is 4.79 Å². The molecule has 4 heteroatoms. The third kappa shape index (κ3) is 2.82. The minimum Gasteiger partial charge on any atom is -0.295 e. The smallest absolute Gasteiger partial charge is 0.160 e. The van der Waals surface area contributed by atoms with E-state index in [4.69, 9.17) is 9.97 Å². The van der Waals surface area contributed by atoms with Crippen LogP contribution in [0, 0.1) is 11.8 Å². The lowest BCUT2D eigenvalue weighted by Crippen LogP contribution is -2.44. The van der Waals surface area contributed by atoms with Crippen molar-refractivity contribution in [1.29, 1.82) is 0 Å². The van der Waals surface area contributed by atoms with E-state index in [-0.39, 0.29) is 23.0 Å². The maximum absolute atomic E-state index is 12.4. The van der Waals surface area contributed by atoms with Crippen LogP contribution >= 0.6 is 0 Å². The lowest BCUT2D eigenvalue weighted by atomic mass is 9.59. The van der Waals surface area contributed by atoms with Crippen LogP contribution in [-0.4, -0.2) is 20.7 Å². The monoisotopic (exact) mass is 381 g/mol. The molecule has 29 heavy (non-hydrogen) atoms. The average molecular weight is 381 g/mol. The number of pyridine rings is 1. The van der Waals surface area contributed by atoms with Gasteiger partial charge in [0.1, 0.15) is 0 Å². The van der Waals surface area contributed by atoms with Crippen LogP contribution in [0.2, 0.25) is 0 Å². The molecule has 2 aromatic heterocycles. The van der Waals surface area contributed by atoms with Crippen molar-refractivity contribution in [3.05, 3.63) is 78.3 Å². The maximum Gasteiger partial charge on any atom is 0.160 e. The molecule has 5 rings (SSSR count). The Hall–Kier alpha value is -3.14. The Morgan fingerprint density at radius 1 is 1.00 bits per heavy atom. The number of allylic oxidation sites excluding steroid dienone is 2. The number of rotatable bonds is 2. The third-order valence-corrected chi connectivity index (χ3v) is 6.62. The molecule has 0 radical (unpaired) electrons. The van der Waals surface area contributed by atoms with Gasteiger partial charge in [-0.05, 0) is 37.0 Å². The molecule has 2 aliphatic rings. The molecule has 144 valence electrons. The maximum atomic E-state index is 12.4. The summed E-state index contributed by atoms with van der Waals surface area (Å²) >= 11 is 0. The molecule has 0 aliphatic heterocycles. The zero-order chi connectivity index (χ0) is 20.0. The first-order valence-corrected chi connectivity index (χ1v) is 10.2. The standard InChI is InChI=1S/C25H23N3O/c1-16-20-9-8-19-22(17-6-4-3-5-7-17)27-24(18-11-14-26-15-12-18)28-23(19)25(20,2)13-10-21(16)29/h3-7,10-16,20H,8-9H2,1-2H3/t16-,20-,25-/m1/s1. The van der Waals surface area contributed by atoms with E-state index in [0.29, 0.717) is 5.82 Å². The quantitative estimate of drug-likeness (QED) is 0.640. The van der Waals surface area contributed by atoms with E-state index in [2.05, 4.69) is 37.0 Å². The van der Waals surface area contributed by atoms with Crippen LogP contribution in [0.15, 0.2) is 67.0 Å². The molecule has 0 saturated heterocycles. The summed E-state index contributed by atoms with van der Waals surface area (Å²) in [6, 6.07) is 14.2. The summed E-state index contributed by atoms with van der Waals surface area (Å²) in [5.41, 5.74) is 5.06. The van der Waals surface area contributed by atoms with Gasteiger partial charge in [-0.15, -0.1) is 0 Å². The highest BCUT2D eigenvalue weighted by Crippen LogP contribution is 2.49. The summed E-state index contributed by atoms with van der Waals surface area (Å²) in [6.07, 6.45) is 9.24. The van der Waals surface area contributed by atoms with Gasteiger partial charge in [0, 0.05) is 40.4 Å². The summed E-state index contributed by atoms with van der Waals surface area (Å²) in [7, 11) is 0. The van der Waals surface area contributed by atoms with Gasteiger partial charge in [0.25, 0.3) is 0 Å². The fourth-order valence-electron chi connectivity index (χ4n) is 4.98. The van der Waals surface area contributed by atoms with E-state index in [1.54, 1.807) is 18.5 Å². The number of ketones is 1. The largest absolute Gasteiger partial charge is 0.295 e. The molecule has 2 heterocycles.